The van der Waals surface area contributed by atoms with E-state index in [9.17, 15) is 14.7 Å². The smallest absolute Gasteiger partial charge is 0.271 e. The lowest BCUT2D eigenvalue weighted by Gasteiger charge is -2.27. The van der Waals surface area contributed by atoms with Crippen LogP contribution in [0.25, 0.3) is 0 Å². The number of aliphatic hydroxyl groups is 1. The Labute approximate surface area is 181 Å². The summed E-state index contributed by atoms with van der Waals surface area (Å²) < 4.78 is 0. The molecule has 1 heterocycles. The second-order valence-corrected chi connectivity index (χ2v) is 7.82. The lowest BCUT2D eigenvalue weighted by Crippen LogP contribution is -2.29. The third kappa shape index (κ3) is 5.29. The Morgan fingerprint density at radius 3 is 2.48 bits per heavy atom. The van der Waals surface area contributed by atoms with Crippen molar-refractivity contribution in [2.24, 2.45) is 5.73 Å². The Morgan fingerprint density at radius 1 is 1.16 bits per heavy atom. The molecule has 0 aliphatic heterocycles. The second kappa shape index (κ2) is 9.74. The number of nitrogens with zero attached hydrogens (tertiary/aromatic N) is 2. The zero-order valence-electron chi connectivity index (χ0n) is 18.2. The molecule has 0 saturated heterocycles. The number of rotatable bonds is 7. The van der Waals surface area contributed by atoms with Gasteiger partial charge in [0.05, 0.1) is 11.8 Å². The fourth-order valence-corrected chi connectivity index (χ4v) is 3.72. The number of nitrogens with one attached hydrogen (secondary N) is 3. The summed E-state index contributed by atoms with van der Waals surface area (Å²) in [5, 5.41) is 18.9. The number of aryl methyl sites for hydroxylation is 2. The third-order valence-electron chi connectivity index (χ3n) is 5.55. The van der Waals surface area contributed by atoms with Gasteiger partial charge in [-0.05, 0) is 56.7 Å². The summed E-state index contributed by atoms with van der Waals surface area (Å²) in [5.74, 6) is -0.0639. The standard InChI is InChI=1S/C22H30N6O3/c1-4-17-20(25-13-7-9-15(29)10-8-13)28-21(18(27-17)19(23)30)26-14-6-5-12(2)16(11-14)22(31)24-3/h5-6,11,13,15,29H,4,7-10H2,1-3H3,(H2,23,30)(H,24,31)(H2,25,26,28). The van der Waals surface area contributed by atoms with Gasteiger partial charge in [0.1, 0.15) is 5.82 Å². The number of aromatic nitrogens is 2. The Balaban J connectivity index is 1.95. The van der Waals surface area contributed by atoms with Gasteiger partial charge in [0.25, 0.3) is 11.8 Å². The number of primary amides is 1. The molecule has 0 unspecified atom stereocenters. The number of carbonyl (C=O) groups is 2. The molecule has 1 aliphatic rings. The normalized spacial score (nSPS) is 18.3. The van der Waals surface area contributed by atoms with Gasteiger partial charge >= 0.3 is 0 Å². The van der Waals surface area contributed by atoms with Crippen LogP contribution in [0.5, 0.6) is 0 Å². The summed E-state index contributed by atoms with van der Waals surface area (Å²) in [7, 11) is 1.57. The Bertz CT molecular complexity index is 970. The van der Waals surface area contributed by atoms with Gasteiger partial charge in [0, 0.05) is 24.3 Å². The van der Waals surface area contributed by atoms with Crippen LogP contribution in [0, 0.1) is 6.92 Å². The first-order chi connectivity index (χ1) is 14.8. The van der Waals surface area contributed by atoms with Crippen LogP contribution in [0.2, 0.25) is 0 Å². The van der Waals surface area contributed by atoms with Gasteiger partial charge in [0.15, 0.2) is 11.5 Å². The van der Waals surface area contributed by atoms with Crippen LogP contribution in [0.1, 0.15) is 64.7 Å². The molecular formula is C22H30N6O3. The number of benzene rings is 1. The number of nitrogens with two attached hydrogens (primary N) is 1. The molecule has 3 rings (SSSR count). The van der Waals surface area contributed by atoms with Crippen molar-refractivity contribution in [1.82, 2.24) is 15.3 Å². The van der Waals surface area contributed by atoms with Crippen LogP contribution < -0.4 is 21.7 Å². The average molecular weight is 427 g/mol. The second-order valence-electron chi connectivity index (χ2n) is 7.82. The van der Waals surface area contributed by atoms with Gasteiger partial charge in [0.2, 0.25) is 0 Å². The summed E-state index contributed by atoms with van der Waals surface area (Å²) in [5.41, 5.74) is 8.21. The Kier molecular flexibility index (Phi) is 7.06. The monoisotopic (exact) mass is 426 g/mol. The molecule has 9 nitrogen and oxygen atoms in total. The molecule has 166 valence electrons. The fraction of sp³-hybridized carbons (Fsp3) is 0.455. The van der Waals surface area contributed by atoms with Crippen LogP contribution in [-0.2, 0) is 6.42 Å². The topological polar surface area (TPSA) is 142 Å². The average Bonchev–Trinajstić information content (AvgIpc) is 2.76. The predicted octanol–water partition coefficient (Wildman–Crippen LogP) is 2.26. The first-order valence-corrected chi connectivity index (χ1v) is 10.6. The van der Waals surface area contributed by atoms with E-state index in [-0.39, 0.29) is 29.6 Å². The van der Waals surface area contributed by atoms with Gasteiger partial charge in [-0.1, -0.05) is 13.0 Å². The van der Waals surface area contributed by atoms with Crippen molar-refractivity contribution in [3.05, 3.63) is 40.7 Å². The third-order valence-corrected chi connectivity index (χ3v) is 5.55. The van der Waals surface area contributed by atoms with Gasteiger partial charge < -0.3 is 26.8 Å². The molecule has 2 amide bonds. The highest BCUT2D eigenvalue weighted by atomic mass is 16.3. The molecule has 9 heteroatoms. The number of hydrogen-bond acceptors (Lipinski definition) is 7. The minimum absolute atomic E-state index is 0.0449. The van der Waals surface area contributed by atoms with Gasteiger partial charge in [-0.15, -0.1) is 0 Å². The zero-order valence-corrected chi connectivity index (χ0v) is 18.2. The molecule has 1 aromatic heterocycles. The number of anilines is 3. The molecule has 2 aromatic rings. The highest BCUT2D eigenvalue weighted by Gasteiger charge is 2.23. The number of hydrogen-bond donors (Lipinski definition) is 5. The van der Waals surface area contributed by atoms with Gasteiger partial charge in [-0.2, -0.15) is 0 Å². The summed E-state index contributed by atoms with van der Waals surface area (Å²) in [6, 6.07) is 5.49. The number of aliphatic hydroxyl groups excluding tert-OH is 1. The summed E-state index contributed by atoms with van der Waals surface area (Å²) >= 11 is 0. The van der Waals surface area contributed by atoms with E-state index >= 15 is 0 Å². The van der Waals surface area contributed by atoms with Gasteiger partial charge in [-0.25, -0.2) is 9.97 Å². The molecule has 0 radical (unpaired) electrons. The molecule has 0 spiro atoms. The van der Waals surface area contributed by atoms with Gasteiger partial charge in [-0.3, -0.25) is 9.59 Å². The summed E-state index contributed by atoms with van der Waals surface area (Å²) in [6.45, 7) is 3.79. The van der Waals surface area contributed by atoms with E-state index in [1.807, 2.05) is 19.9 Å². The molecule has 1 aliphatic carbocycles. The summed E-state index contributed by atoms with van der Waals surface area (Å²) in [6.07, 6.45) is 3.47. The molecule has 31 heavy (non-hydrogen) atoms. The molecule has 0 bridgehead atoms. The van der Waals surface area contributed by atoms with E-state index in [4.69, 9.17) is 5.73 Å². The van der Waals surface area contributed by atoms with E-state index in [0.29, 0.717) is 29.2 Å². The largest absolute Gasteiger partial charge is 0.393 e. The minimum atomic E-state index is -0.685. The maximum atomic E-state index is 12.1. The number of amides is 2. The lowest BCUT2D eigenvalue weighted by molar-refractivity contribution is 0.0960. The van der Waals surface area contributed by atoms with E-state index in [1.54, 1.807) is 19.2 Å². The molecule has 6 N–H and O–H groups in total. The molecule has 1 saturated carbocycles. The van der Waals surface area contributed by atoms with Crippen molar-refractivity contribution < 1.29 is 14.7 Å². The predicted molar refractivity (Wildman–Crippen MR) is 120 cm³/mol. The van der Waals surface area contributed by atoms with Crippen molar-refractivity contribution in [3.63, 3.8) is 0 Å². The highest BCUT2D eigenvalue weighted by molar-refractivity contribution is 5.98. The molecular weight excluding hydrogens is 396 g/mol. The van der Waals surface area contributed by atoms with Crippen molar-refractivity contribution in [2.45, 2.75) is 58.1 Å². The van der Waals surface area contributed by atoms with Crippen molar-refractivity contribution in [2.75, 3.05) is 17.7 Å². The molecule has 1 aromatic carbocycles. The summed E-state index contributed by atoms with van der Waals surface area (Å²) in [4.78, 5) is 33.3. The molecule has 0 atom stereocenters. The van der Waals surface area contributed by atoms with Crippen LogP contribution in [0.15, 0.2) is 18.2 Å². The fourth-order valence-electron chi connectivity index (χ4n) is 3.72. The van der Waals surface area contributed by atoms with Crippen LogP contribution >= 0.6 is 0 Å². The highest BCUT2D eigenvalue weighted by Crippen LogP contribution is 2.27. The first kappa shape index (κ1) is 22.5. The quantitative estimate of drug-likeness (QED) is 0.457. The van der Waals surface area contributed by atoms with Crippen LogP contribution in [0.3, 0.4) is 0 Å². The zero-order chi connectivity index (χ0) is 22.5. The minimum Gasteiger partial charge on any atom is -0.393 e. The van der Waals surface area contributed by atoms with E-state index in [0.717, 1.165) is 31.2 Å². The molecule has 1 fully saturated rings. The van der Waals surface area contributed by atoms with Crippen molar-refractivity contribution in [1.29, 1.82) is 0 Å². The number of carbonyl (C=O) groups excluding carboxylic acids is 2. The Morgan fingerprint density at radius 2 is 1.87 bits per heavy atom. The SMILES string of the molecule is CCc1nc(C(N)=O)c(Nc2ccc(C)c(C(=O)NC)c2)nc1NC1CCC(O)CC1. The maximum Gasteiger partial charge on any atom is 0.271 e. The van der Waals surface area contributed by atoms with Crippen LogP contribution in [-0.4, -0.2) is 46.1 Å². The lowest BCUT2D eigenvalue weighted by atomic mass is 9.93. The van der Waals surface area contributed by atoms with Crippen LogP contribution in [0.4, 0.5) is 17.3 Å². The first-order valence-electron chi connectivity index (χ1n) is 10.6. The van der Waals surface area contributed by atoms with E-state index < -0.39 is 5.91 Å². The van der Waals surface area contributed by atoms with Crippen molar-refractivity contribution >= 4 is 29.1 Å². The van der Waals surface area contributed by atoms with E-state index in [2.05, 4.69) is 25.9 Å². The van der Waals surface area contributed by atoms with E-state index in [1.165, 1.54) is 0 Å². The van der Waals surface area contributed by atoms with Crippen molar-refractivity contribution in [3.8, 4) is 0 Å². The Hall–Kier alpha value is -3.20. The maximum absolute atomic E-state index is 12.1.